The number of rotatable bonds is 9. The van der Waals surface area contributed by atoms with Gasteiger partial charge in [0.1, 0.15) is 13.2 Å². The SMILES string of the molecule is CC1(CCC(=O)[O-])OCC(COC(=O)C23CC4CC(CC(O)(C4)C2)C3)(COC(=O)C23CC4CC(CC(O)(C4)C2)C3)CO1. The fraction of sp³-hybridized carbons (Fsp3) is 0.906. The maximum absolute atomic E-state index is 13.7. The van der Waals surface area contributed by atoms with Gasteiger partial charge in [0.25, 0.3) is 0 Å². The molecule has 9 fully saturated rings. The first-order chi connectivity index (χ1) is 19.7. The minimum atomic E-state index is -1.20. The molecule has 2 N–H and O–H groups in total. The first kappa shape index (κ1) is 29.0. The lowest BCUT2D eigenvalue weighted by atomic mass is 9.48. The van der Waals surface area contributed by atoms with Gasteiger partial charge in [0.05, 0.1) is 40.7 Å². The predicted molar refractivity (Wildman–Crippen MR) is 143 cm³/mol. The lowest BCUT2D eigenvalue weighted by Gasteiger charge is -2.59. The Morgan fingerprint density at radius 1 is 0.738 bits per heavy atom. The van der Waals surface area contributed by atoms with Crippen molar-refractivity contribution in [1.29, 1.82) is 0 Å². The molecular weight excluding hydrogens is 544 g/mol. The van der Waals surface area contributed by atoms with Crippen LogP contribution in [0.4, 0.5) is 0 Å². The van der Waals surface area contributed by atoms with E-state index in [4.69, 9.17) is 18.9 Å². The third-order valence-corrected chi connectivity index (χ3v) is 12.1. The first-order valence-electron chi connectivity index (χ1n) is 16.0. The first-order valence-corrected chi connectivity index (χ1v) is 16.0. The average molecular weight is 590 g/mol. The van der Waals surface area contributed by atoms with Crippen molar-refractivity contribution in [3.8, 4) is 0 Å². The molecule has 0 spiro atoms. The van der Waals surface area contributed by atoms with E-state index in [1.807, 2.05) is 0 Å². The monoisotopic (exact) mass is 589 g/mol. The van der Waals surface area contributed by atoms with Crippen LogP contribution >= 0.6 is 0 Å². The fourth-order valence-corrected chi connectivity index (χ4v) is 11.0. The van der Waals surface area contributed by atoms with E-state index in [2.05, 4.69) is 0 Å². The van der Waals surface area contributed by atoms with Crippen LogP contribution in [0.2, 0.25) is 0 Å². The lowest BCUT2D eigenvalue weighted by Crippen LogP contribution is -2.60. The van der Waals surface area contributed by atoms with Crippen molar-refractivity contribution in [2.24, 2.45) is 39.9 Å². The molecule has 234 valence electrons. The molecule has 1 heterocycles. The number of hydrogen-bond donors (Lipinski definition) is 2. The summed E-state index contributed by atoms with van der Waals surface area (Å²) in [6.45, 7) is 1.63. The van der Waals surface area contributed by atoms with Gasteiger partial charge in [-0.25, -0.2) is 0 Å². The summed E-state index contributed by atoms with van der Waals surface area (Å²) in [7, 11) is 0. The Morgan fingerprint density at radius 2 is 1.14 bits per heavy atom. The summed E-state index contributed by atoms with van der Waals surface area (Å²) in [5.74, 6) is -1.64. The van der Waals surface area contributed by atoms with Crippen LogP contribution in [0, 0.1) is 39.9 Å². The predicted octanol–water partition coefficient (Wildman–Crippen LogP) is 2.01. The van der Waals surface area contributed by atoms with Gasteiger partial charge in [-0.1, -0.05) is 0 Å². The molecule has 42 heavy (non-hydrogen) atoms. The average Bonchev–Trinajstić information content (AvgIpc) is 2.88. The highest BCUT2D eigenvalue weighted by Gasteiger charge is 2.63. The van der Waals surface area contributed by atoms with Crippen molar-refractivity contribution >= 4 is 17.9 Å². The van der Waals surface area contributed by atoms with Gasteiger partial charge in [0.15, 0.2) is 5.79 Å². The summed E-state index contributed by atoms with van der Waals surface area (Å²) in [5.41, 5.74) is -3.94. The number of ether oxygens (including phenoxy) is 4. The maximum Gasteiger partial charge on any atom is 0.312 e. The maximum atomic E-state index is 13.7. The number of carboxylic acid groups (broad SMARTS) is 1. The second kappa shape index (κ2) is 9.62. The molecule has 9 aliphatic rings. The summed E-state index contributed by atoms with van der Waals surface area (Å²) < 4.78 is 24.2. The van der Waals surface area contributed by atoms with Crippen molar-refractivity contribution in [2.75, 3.05) is 26.4 Å². The number of esters is 2. The molecule has 0 radical (unpaired) electrons. The van der Waals surface area contributed by atoms with Gasteiger partial charge < -0.3 is 39.1 Å². The van der Waals surface area contributed by atoms with Crippen LogP contribution in [0.15, 0.2) is 0 Å². The van der Waals surface area contributed by atoms with Gasteiger partial charge in [0, 0.05) is 12.4 Å². The lowest BCUT2D eigenvalue weighted by molar-refractivity contribution is -0.322. The Morgan fingerprint density at radius 3 is 1.50 bits per heavy atom. The van der Waals surface area contributed by atoms with Crippen LogP contribution in [0.25, 0.3) is 0 Å². The second-order valence-corrected chi connectivity index (χ2v) is 16.2. The molecule has 10 nitrogen and oxygen atoms in total. The number of carbonyl (C=O) groups excluding carboxylic acids is 3. The normalized spacial score (nSPS) is 50.1. The van der Waals surface area contributed by atoms with Gasteiger partial charge >= 0.3 is 11.9 Å². The molecule has 0 aromatic carbocycles. The molecule has 0 aromatic rings. The van der Waals surface area contributed by atoms with Crippen LogP contribution < -0.4 is 5.11 Å². The molecule has 0 aromatic heterocycles. The molecule has 1 saturated heterocycles. The van der Waals surface area contributed by atoms with Crippen molar-refractivity contribution < 1.29 is 48.7 Å². The van der Waals surface area contributed by atoms with E-state index < -0.39 is 39.2 Å². The highest BCUT2D eigenvalue weighted by Crippen LogP contribution is 2.63. The van der Waals surface area contributed by atoms with Crippen LogP contribution in [0.3, 0.4) is 0 Å². The van der Waals surface area contributed by atoms with E-state index in [-0.39, 0.29) is 51.2 Å². The van der Waals surface area contributed by atoms with Crippen LogP contribution in [0.1, 0.15) is 96.8 Å². The summed E-state index contributed by atoms with van der Waals surface area (Å²) >= 11 is 0. The topological polar surface area (TPSA) is 152 Å². The zero-order valence-corrected chi connectivity index (χ0v) is 24.7. The molecule has 10 heteroatoms. The number of aliphatic carboxylic acids is 1. The second-order valence-electron chi connectivity index (χ2n) is 16.2. The van der Waals surface area contributed by atoms with E-state index in [1.165, 1.54) is 0 Å². The van der Waals surface area contributed by atoms with Crippen molar-refractivity contribution in [3.05, 3.63) is 0 Å². The molecule has 8 bridgehead atoms. The molecular formula is C32H45O10-. The standard InChI is InChI=1S/C32H46O10/c1-27(3-2-24(33)34)41-18-28(19-42-27,16-39-25(35)29-6-20-4-21(7-29)11-31(37,10-20)14-29)17-40-26(36)30-8-22-5-23(9-30)13-32(38,12-22)15-30/h20-23,37-38H,2-19H2,1H3,(H,33,34)/p-1. The highest BCUT2D eigenvalue weighted by molar-refractivity contribution is 5.78. The molecule has 4 atom stereocenters. The fourth-order valence-electron chi connectivity index (χ4n) is 11.0. The third kappa shape index (κ3) is 5.08. The summed E-state index contributed by atoms with van der Waals surface area (Å²) in [6, 6.07) is 0. The van der Waals surface area contributed by atoms with Gasteiger partial charge in [-0.05, 0) is 114 Å². The molecule has 8 aliphatic carbocycles. The van der Waals surface area contributed by atoms with Gasteiger partial charge in [-0.3, -0.25) is 9.59 Å². The number of carbonyl (C=O) groups is 3. The molecule has 0 amide bonds. The smallest absolute Gasteiger partial charge is 0.312 e. The highest BCUT2D eigenvalue weighted by atomic mass is 16.7. The van der Waals surface area contributed by atoms with E-state index in [0.29, 0.717) is 36.5 Å². The van der Waals surface area contributed by atoms with Crippen LogP contribution in [-0.2, 0) is 33.3 Å². The van der Waals surface area contributed by atoms with E-state index in [1.54, 1.807) is 6.92 Å². The zero-order chi connectivity index (χ0) is 29.6. The molecule has 9 rings (SSSR count). The largest absolute Gasteiger partial charge is 0.550 e. The minimum absolute atomic E-state index is 0.0570. The Labute approximate surface area is 246 Å². The summed E-state index contributed by atoms with van der Waals surface area (Å²) in [4.78, 5) is 38.5. The Kier molecular flexibility index (Phi) is 6.64. The number of aliphatic hydroxyl groups is 2. The van der Waals surface area contributed by atoms with Gasteiger partial charge in [-0.2, -0.15) is 0 Å². The third-order valence-electron chi connectivity index (χ3n) is 12.1. The van der Waals surface area contributed by atoms with Crippen LogP contribution in [0.5, 0.6) is 0 Å². The summed E-state index contributed by atoms with van der Waals surface area (Å²) in [5, 5.41) is 33.3. The Balaban J connectivity index is 1.05. The van der Waals surface area contributed by atoms with E-state index >= 15 is 0 Å². The van der Waals surface area contributed by atoms with Crippen molar-refractivity contribution in [3.63, 3.8) is 0 Å². The quantitative estimate of drug-likeness (QED) is 0.382. The van der Waals surface area contributed by atoms with E-state index in [9.17, 15) is 29.7 Å². The Hall–Kier alpha value is -1.75. The van der Waals surface area contributed by atoms with Crippen molar-refractivity contribution in [1.82, 2.24) is 0 Å². The zero-order valence-electron chi connectivity index (χ0n) is 24.7. The van der Waals surface area contributed by atoms with Crippen molar-refractivity contribution in [2.45, 2.75) is 114 Å². The van der Waals surface area contributed by atoms with Gasteiger partial charge in [-0.15, -0.1) is 0 Å². The minimum Gasteiger partial charge on any atom is -0.550 e. The number of carboxylic acids is 1. The summed E-state index contributed by atoms with van der Waals surface area (Å²) in [6.07, 6.45) is 8.77. The van der Waals surface area contributed by atoms with Gasteiger partial charge in [0.2, 0.25) is 0 Å². The molecule has 1 aliphatic heterocycles. The molecule has 8 saturated carbocycles. The van der Waals surface area contributed by atoms with Crippen LogP contribution in [-0.4, -0.2) is 71.5 Å². The van der Waals surface area contributed by atoms with E-state index in [0.717, 1.165) is 64.2 Å². The molecule has 4 unspecified atom stereocenters. The number of hydrogen-bond acceptors (Lipinski definition) is 10. The Bertz CT molecular complexity index is 1040.